The summed E-state index contributed by atoms with van der Waals surface area (Å²) < 4.78 is 35.8. The molecule has 0 amide bonds. The van der Waals surface area contributed by atoms with Crippen LogP contribution in [-0.4, -0.2) is 26.7 Å². The molecule has 0 bridgehead atoms. The van der Waals surface area contributed by atoms with E-state index in [1.54, 1.807) is 30.5 Å². The first-order valence-corrected chi connectivity index (χ1v) is 12.6. The van der Waals surface area contributed by atoms with Gasteiger partial charge in [0.15, 0.2) is 11.5 Å². The van der Waals surface area contributed by atoms with E-state index >= 15 is 0 Å². The predicted molar refractivity (Wildman–Crippen MR) is 135 cm³/mol. The van der Waals surface area contributed by atoms with Crippen LogP contribution >= 0.6 is 11.3 Å². The lowest BCUT2D eigenvalue weighted by molar-refractivity contribution is 0.390. The van der Waals surface area contributed by atoms with Gasteiger partial charge >= 0.3 is 10.1 Å². The predicted octanol–water partition coefficient (Wildman–Crippen LogP) is 5.65. The number of benzene rings is 3. The van der Waals surface area contributed by atoms with Gasteiger partial charge in [-0.3, -0.25) is 5.43 Å². The van der Waals surface area contributed by atoms with E-state index in [0.717, 1.165) is 16.8 Å². The number of nitrogens with one attached hydrogen (secondary N) is 1. The van der Waals surface area contributed by atoms with Crippen LogP contribution in [0.4, 0.5) is 5.13 Å². The molecule has 4 rings (SSSR count). The van der Waals surface area contributed by atoms with Crippen LogP contribution < -0.4 is 14.3 Å². The Morgan fingerprint density at radius 3 is 2.29 bits per heavy atom. The number of rotatable bonds is 8. The number of aromatic nitrogens is 1. The quantitative estimate of drug-likeness (QED) is 0.194. The van der Waals surface area contributed by atoms with E-state index in [2.05, 4.69) is 15.5 Å². The van der Waals surface area contributed by atoms with Crippen molar-refractivity contribution in [3.63, 3.8) is 0 Å². The van der Waals surface area contributed by atoms with Crippen molar-refractivity contribution in [3.8, 4) is 22.8 Å². The summed E-state index contributed by atoms with van der Waals surface area (Å²) in [6.45, 7) is 3.93. The van der Waals surface area contributed by atoms with Crippen LogP contribution in [0.5, 0.6) is 11.5 Å². The zero-order valence-corrected chi connectivity index (χ0v) is 20.5. The molecule has 0 unspecified atom stereocenters. The van der Waals surface area contributed by atoms with Gasteiger partial charge < -0.3 is 8.92 Å². The Balaban J connectivity index is 1.44. The third-order valence-electron chi connectivity index (χ3n) is 4.92. The summed E-state index contributed by atoms with van der Waals surface area (Å²) in [5.41, 5.74) is 7.68. The molecule has 1 aromatic heterocycles. The van der Waals surface area contributed by atoms with Gasteiger partial charge in [0.05, 0.1) is 19.0 Å². The Hall–Kier alpha value is -3.69. The van der Waals surface area contributed by atoms with Crippen LogP contribution in [0.15, 0.2) is 82.1 Å². The van der Waals surface area contributed by atoms with Gasteiger partial charge in [0.1, 0.15) is 4.90 Å². The number of methoxy groups -OCH3 is 1. The SMILES string of the molecule is COc1cc(/C=N\Nc2nc(-c3ccc(C)cc3)cs2)ccc1OS(=O)(=O)c1ccc(C)cc1. The maximum atomic E-state index is 12.6. The molecule has 7 nitrogen and oxygen atoms in total. The second-order valence-corrected chi connectivity index (χ2v) is 9.94. The highest BCUT2D eigenvalue weighted by molar-refractivity contribution is 7.87. The average Bonchev–Trinajstić information content (AvgIpc) is 3.29. The molecule has 0 saturated carbocycles. The number of hydrogen-bond donors (Lipinski definition) is 1. The van der Waals surface area contributed by atoms with Crippen LogP contribution in [-0.2, 0) is 10.1 Å². The van der Waals surface area contributed by atoms with Crippen molar-refractivity contribution in [2.45, 2.75) is 18.7 Å². The summed E-state index contributed by atoms with van der Waals surface area (Å²) in [6, 6.07) is 19.5. The van der Waals surface area contributed by atoms with E-state index in [4.69, 9.17) is 8.92 Å². The Labute approximate surface area is 202 Å². The number of thiazole rings is 1. The van der Waals surface area contributed by atoms with Gasteiger partial charge in [0, 0.05) is 10.9 Å². The summed E-state index contributed by atoms with van der Waals surface area (Å²) >= 11 is 1.45. The van der Waals surface area contributed by atoms with Crippen LogP contribution in [0, 0.1) is 13.8 Å². The lowest BCUT2D eigenvalue weighted by Crippen LogP contribution is -2.10. The van der Waals surface area contributed by atoms with Crippen molar-refractivity contribution in [3.05, 3.63) is 88.8 Å². The highest BCUT2D eigenvalue weighted by atomic mass is 32.2. The minimum absolute atomic E-state index is 0.0726. The molecular formula is C25H23N3O4S2. The molecule has 0 fully saturated rings. The molecule has 0 spiro atoms. The number of anilines is 1. The Kier molecular flexibility index (Phi) is 6.95. The molecule has 9 heteroatoms. The largest absolute Gasteiger partial charge is 0.493 e. The number of hydrazone groups is 1. The van der Waals surface area contributed by atoms with Crippen LogP contribution in [0.1, 0.15) is 16.7 Å². The standard InChI is InChI=1S/C25H23N3O4S2/c1-17-4-9-20(10-5-17)22-16-33-25(27-22)28-26-15-19-8-13-23(24(14-19)31-3)32-34(29,30)21-11-6-18(2)7-12-21/h4-16H,1-3H3,(H,27,28)/b26-15-. The topological polar surface area (TPSA) is 89.9 Å². The molecule has 1 N–H and O–H groups in total. The minimum Gasteiger partial charge on any atom is -0.493 e. The van der Waals surface area contributed by atoms with E-state index in [1.165, 1.54) is 42.2 Å². The van der Waals surface area contributed by atoms with Gasteiger partial charge in [-0.1, -0.05) is 47.5 Å². The lowest BCUT2D eigenvalue weighted by atomic mass is 10.1. The van der Waals surface area contributed by atoms with Gasteiger partial charge in [-0.2, -0.15) is 13.5 Å². The highest BCUT2D eigenvalue weighted by Gasteiger charge is 2.19. The smallest absolute Gasteiger partial charge is 0.339 e. The van der Waals surface area contributed by atoms with Gasteiger partial charge in [-0.15, -0.1) is 11.3 Å². The van der Waals surface area contributed by atoms with Gasteiger partial charge in [0.25, 0.3) is 0 Å². The third kappa shape index (κ3) is 5.62. The monoisotopic (exact) mass is 493 g/mol. The van der Waals surface area contributed by atoms with E-state index < -0.39 is 10.1 Å². The molecule has 4 aromatic rings. The van der Waals surface area contributed by atoms with Crippen molar-refractivity contribution in [1.82, 2.24) is 4.98 Å². The Morgan fingerprint density at radius 2 is 1.62 bits per heavy atom. The molecular weight excluding hydrogens is 470 g/mol. The van der Waals surface area contributed by atoms with E-state index in [1.807, 2.05) is 43.5 Å². The maximum absolute atomic E-state index is 12.6. The molecule has 0 atom stereocenters. The summed E-state index contributed by atoms with van der Waals surface area (Å²) in [5.74, 6) is 0.367. The van der Waals surface area contributed by atoms with E-state index in [0.29, 0.717) is 10.7 Å². The fourth-order valence-electron chi connectivity index (χ4n) is 3.05. The van der Waals surface area contributed by atoms with Crippen molar-refractivity contribution >= 4 is 32.8 Å². The molecule has 1 heterocycles. The minimum atomic E-state index is -3.98. The molecule has 0 aliphatic rings. The normalized spacial score (nSPS) is 11.5. The fourth-order valence-corrected chi connectivity index (χ4v) is 4.66. The van der Waals surface area contributed by atoms with Crippen molar-refractivity contribution < 1.29 is 17.3 Å². The first-order chi connectivity index (χ1) is 16.3. The average molecular weight is 494 g/mol. The molecule has 0 aliphatic carbocycles. The van der Waals surface area contributed by atoms with Crippen molar-refractivity contribution in [2.24, 2.45) is 5.10 Å². The zero-order chi connectivity index (χ0) is 24.1. The van der Waals surface area contributed by atoms with E-state index in [-0.39, 0.29) is 16.4 Å². The molecule has 3 aromatic carbocycles. The zero-order valence-electron chi connectivity index (χ0n) is 18.8. The summed E-state index contributed by atoms with van der Waals surface area (Å²) in [7, 11) is -2.54. The summed E-state index contributed by atoms with van der Waals surface area (Å²) in [5, 5.41) is 6.85. The van der Waals surface area contributed by atoms with Crippen molar-refractivity contribution in [1.29, 1.82) is 0 Å². The van der Waals surface area contributed by atoms with Crippen LogP contribution in [0.3, 0.4) is 0 Å². The maximum Gasteiger partial charge on any atom is 0.339 e. The van der Waals surface area contributed by atoms with Crippen LogP contribution in [0.25, 0.3) is 11.3 Å². The summed E-state index contributed by atoms with van der Waals surface area (Å²) in [4.78, 5) is 4.62. The second kappa shape index (κ2) is 10.1. The van der Waals surface area contributed by atoms with E-state index in [9.17, 15) is 8.42 Å². The lowest BCUT2D eigenvalue weighted by Gasteiger charge is -2.11. The number of hydrogen-bond acceptors (Lipinski definition) is 8. The molecule has 0 saturated heterocycles. The molecule has 34 heavy (non-hydrogen) atoms. The fraction of sp³-hybridized carbons (Fsp3) is 0.120. The molecule has 0 aliphatic heterocycles. The summed E-state index contributed by atoms with van der Waals surface area (Å²) in [6.07, 6.45) is 1.59. The van der Waals surface area contributed by atoms with Crippen molar-refractivity contribution in [2.75, 3.05) is 12.5 Å². The number of nitrogens with zero attached hydrogens (tertiary/aromatic N) is 2. The van der Waals surface area contributed by atoms with Crippen LogP contribution in [0.2, 0.25) is 0 Å². The Morgan fingerprint density at radius 1 is 0.941 bits per heavy atom. The molecule has 0 radical (unpaired) electrons. The van der Waals surface area contributed by atoms with Gasteiger partial charge in [-0.05, 0) is 49.7 Å². The first kappa shape index (κ1) is 23.5. The number of aryl methyl sites for hydroxylation is 2. The second-order valence-electron chi connectivity index (χ2n) is 7.53. The molecule has 174 valence electrons. The highest BCUT2D eigenvalue weighted by Crippen LogP contribution is 2.31. The first-order valence-electron chi connectivity index (χ1n) is 10.3. The van der Waals surface area contributed by atoms with Gasteiger partial charge in [-0.25, -0.2) is 4.98 Å². The number of ether oxygens (including phenoxy) is 1. The van der Waals surface area contributed by atoms with Gasteiger partial charge in [0.2, 0.25) is 5.13 Å². The Bertz CT molecular complexity index is 1410. The third-order valence-corrected chi connectivity index (χ3v) is 6.92.